The smallest absolute Gasteiger partial charge is 0.326 e. The second-order valence-electron chi connectivity index (χ2n) is 4.72. The van der Waals surface area contributed by atoms with E-state index in [2.05, 4.69) is 10.3 Å². The van der Waals surface area contributed by atoms with Gasteiger partial charge in [-0.25, -0.2) is 9.59 Å². The number of carbonyl (C=O) groups is 2. The third-order valence-corrected chi connectivity index (χ3v) is 2.73. The number of rotatable bonds is 5. The maximum atomic E-state index is 11.9. The quantitative estimate of drug-likeness (QED) is 0.841. The van der Waals surface area contributed by atoms with Gasteiger partial charge in [-0.1, -0.05) is 13.8 Å². The lowest BCUT2D eigenvalue weighted by atomic mass is 10.1. The summed E-state index contributed by atoms with van der Waals surface area (Å²) in [6.07, 6.45) is 3.30. The number of pyridine rings is 1. The predicted molar refractivity (Wildman–Crippen MR) is 70.5 cm³/mol. The zero-order valence-electron chi connectivity index (χ0n) is 11.3. The van der Waals surface area contributed by atoms with Gasteiger partial charge < -0.3 is 15.3 Å². The maximum Gasteiger partial charge on any atom is 0.326 e. The van der Waals surface area contributed by atoms with Crippen LogP contribution in [0, 0.1) is 5.92 Å². The van der Waals surface area contributed by atoms with Crippen molar-refractivity contribution >= 4 is 12.0 Å². The van der Waals surface area contributed by atoms with Crippen LogP contribution in [0.3, 0.4) is 0 Å². The van der Waals surface area contributed by atoms with E-state index in [0.717, 1.165) is 5.56 Å². The molecule has 0 fully saturated rings. The minimum Gasteiger partial charge on any atom is -0.480 e. The van der Waals surface area contributed by atoms with Crippen LogP contribution in [0.2, 0.25) is 0 Å². The summed E-state index contributed by atoms with van der Waals surface area (Å²) in [6.45, 7) is 3.91. The Morgan fingerprint density at radius 3 is 2.42 bits per heavy atom. The summed E-state index contributed by atoms with van der Waals surface area (Å²) in [7, 11) is 1.62. The van der Waals surface area contributed by atoms with E-state index in [1.807, 2.05) is 0 Å². The van der Waals surface area contributed by atoms with Crippen LogP contribution in [0.4, 0.5) is 4.79 Å². The van der Waals surface area contributed by atoms with E-state index < -0.39 is 18.0 Å². The van der Waals surface area contributed by atoms with Crippen LogP contribution in [0.25, 0.3) is 0 Å². The first-order valence-electron chi connectivity index (χ1n) is 6.05. The predicted octanol–water partition coefficient (Wildman–Crippen LogP) is 1.33. The lowest BCUT2D eigenvalue weighted by Gasteiger charge is -2.23. The van der Waals surface area contributed by atoms with Gasteiger partial charge in [0.1, 0.15) is 6.04 Å². The second-order valence-corrected chi connectivity index (χ2v) is 4.72. The summed E-state index contributed by atoms with van der Waals surface area (Å²) in [5.74, 6) is -1.20. The van der Waals surface area contributed by atoms with E-state index in [1.165, 1.54) is 4.90 Å². The van der Waals surface area contributed by atoms with E-state index in [0.29, 0.717) is 6.54 Å². The normalized spacial score (nSPS) is 12.0. The van der Waals surface area contributed by atoms with Gasteiger partial charge in [-0.15, -0.1) is 0 Å². The highest BCUT2D eigenvalue weighted by molar-refractivity contribution is 5.82. The summed E-state index contributed by atoms with van der Waals surface area (Å²) in [4.78, 5) is 28.3. The Morgan fingerprint density at radius 2 is 1.95 bits per heavy atom. The Morgan fingerprint density at radius 1 is 1.37 bits per heavy atom. The highest BCUT2D eigenvalue weighted by Gasteiger charge is 2.24. The SMILES string of the molecule is CC(C)[C@H](NC(=O)N(C)Cc1ccncc1)C(=O)O. The molecule has 6 nitrogen and oxygen atoms in total. The van der Waals surface area contributed by atoms with E-state index >= 15 is 0 Å². The lowest BCUT2D eigenvalue weighted by molar-refractivity contribution is -0.140. The average molecular weight is 265 g/mol. The van der Waals surface area contributed by atoms with Crippen LogP contribution in [0.5, 0.6) is 0 Å². The van der Waals surface area contributed by atoms with Crippen molar-refractivity contribution in [1.82, 2.24) is 15.2 Å². The number of aromatic nitrogens is 1. The van der Waals surface area contributed by atoms with Gasteiger partial charge in [-0.05, 0) is 23.6 Å². The number of hydrogen-bond acceptors (Lipinski definition) is 3. The van der Waals surface area contributed by atoms with Crippen molar-refractivity contribution in [2.45, 2.75) is 26.4 Å². The Kier molecular flexibility index (Phi) is 5.29. The maximum absolute atomic E-state index is 11.9. The fraction of sp³-hybridized carbons (Fsp3) is 0.462. The van der Waals surface area contributed by atoms with Crippen LogP contribution in [-0.2, 0) is 11.3 Å². The third-order valence-electron chi connectivity index (χ3n) is 2.73. The Balaban J connectivity index is 2.60. The minimum atomic E-state index is -1.03. The summed E-state index contributed by atoms with van der Waals surface area (Å²) in [5.41, 5.74) is 0.934. The first-order valence-corrected chi connectivity index (χ1v) is 6.05. The van der Waals surface area contributed by atoms with E-state index in [4.69, 9.17) is 5.11 Å². The Hall–Kier alpha value is -2.11. The average Bonchev–Trinajstić information content (AvgIpc) is 2.35. The summed E-state index contributed by atoms with van der Waals surface area (Å²) < 4.78 is 0. The van der Waals surface area contributed by atoms with Gasteiger partial charge in [0.25, 0.3) is 0 Å². The number of hydrogen-bond donors (Lipinski definition) is 2. The molecule has 0 aliphatic rings. The molecule has 0 radical (unpaired) electrons. The number of carboxylic acid groups (broad SMARTS) is 1. The number of nitrogens with one attached hydrogen (secondary N) is 1. The molecule has 104 valence electrons. The molecule has 2 N–H and O–H groups in total. The molecule has 6 heteroatoms. The zero-order chi connectivity index (χ0) is 14.4. The van der Waals surface area contributed by atoms with Gasteiger partial charge in [0.15, 0.2) is 0 Å². The lowest BCUT2D eigenvalue weighted by Crippen LogP contribution is -2.48. The van der Waals surface area contributed by atoms with Crippen LogP contribution in [0.15, 0.2) is 24.5 Å². The Bertz CT molecular complexity index is 434. The van der Waals surface area contributed by atoms with Crippen molar-refractivity contribution in [1.29, 1.82) is 0 Å². The van der Waals surface area contributed by atoms with Crippen LogP contribution < -0.4 is 5.32 Å². The molecule has 1 rings (SSSR count). The molecule has 19 heavy (non-hydrogen) atoms. The van der Waals surface area contributed by atoms with Crippen molar-refractivity contribution in [3.8, 4) is 0 Å². The molecule has 0 spiro atoms. The van der Waals surface area contributed by atoms with Crippen LogP contribution in [-0.4, -0.2) is 40.1 Å². The summed E-state index contributed by atoms with van der Waals surface area (Å²) in [6, 6.07) is 2.33. The zero-order valence-corrected chi connectivity index (χ0v) is 11.3. The highest BCUT2D eigenvalue weighted by atomic mass is 16.4. The number of aliphatic carboxylic acids is 1. The van der Waals surface area contributed by atoms with Gasteiger partial charge in [0.05, 0.1) is 0 Å². The summed E-state index contributed by atoms with van der Waals surface area (Å²) in [5, 5.41) is 11.5. The molecular weight excluding hydrogens is 246 g/mol. The molecule has 0 aliphatic heterocycles. The molecule has 1 aromatic heterocycles. The van der Waals surface area contributed by atoms with E-state index in [-0.39, 0.29) is 5.92 Å². The first-order chi connectivity index (χ1) is 8.91. The number of nitrogens with zero attached hydrogens (tertiary/aromatic N) is 2. The second kappa shape index (κ2) is 6.72. The fourth-order valence-electron chi connectivity index (χ4n) is 1.59. The topological polar surface area (TPSA) is 82.5 Å². The third kappa shape index (κ3) is 4.57. The van der Waals surface area contributed by atoms with E-state index in [1.54, 1.807) is 45.4 Å². The van der Waals surface area contributed by atoms with Gasteiger partial charge in [-0.3, -0.25) is 4.98 Å². The molecular formula is C13H19N3O3. The number of urea groups is 1. The minimum absolute atomic E-state index is 0.171. The molecule has 0 aromatic carbocycles. The number of amides is 2. The molecule has 1 aromatic rings. The molecule has 1 atom stereocenters. The van der Waals surface area contributed by atoms with Gasteiger partial charge in [0.2, 0.25) is 0 Å². The van der Waals surface area contributed by atoms with Gasteiger partial charge in [0, 0.05) is 26.0 Å². The largest absolute Gasteiger partial charge is 0.480 e. The standard InChI is InChI=1S/C13H19N3O3/c1-9(2)11(12(17)18)15-13(19)16(3)8-10-4-6-14-7-5-10/h4-7,9,11H,8H2,1-3H3,(H,15,19)(H,17,18)/t11-/m0/s1. The highest BCUT2D eigenvalue weighted by Crippen LogP contribution is 2.05. The first kappa shape index (κ1) is 14.9. The van der Waals surface area contributed by atoms with E-state index in [9.17, 15) is 9.59 Å². The Labute approximate surface area is 112 Å². The molecule has 0 saturated heterocycles. The molecule has 0 unspecified atom stereocenters. The fourth-order valence-corrected chi connectivity index (χ4v) is 1.59. The molecule has 2 amide bonds. The van der Waals surface area contributed by atoms with Crippen molar-refractivity contribution in [2.75, 3.05) is 7.05 Å². The van der Waals surface area contributed by atoms with Crippen molar-refractivity contribution < 1.29 is 14.7 Å². The van der Waals surface area contributed by atoms with Crippen molar-refractivity contribution in [3.63, 3.8) is 0 Å². The van der Waals surface area contributed by atoms with Gasteiger partial charge in [-0.2, -0.15) is 0 Å². The van der Waals surface area contributed by atoms with Crippen molar-refractivity contribution in [2.24, 2.45) is 5.92 Å². The number of carboxylic acids is 1. The molecule has 0 aliphatic carbocycles. The molecule has 0 bridgehead atoms. The molecule has 1 heterocycles. The molecule has 0 saturated carbocycles. The monoisotopic (exact) mass is 265 g/mol. The van der Waals surface area contributed by atoms with Crippen LogP contribution in [0.1, 0.15) is 19.4 Å². The number of carbonyl (C=O) groups excluding carboxylic acids is 1. The van der Waals surface area contributed by atoms with Crippen molar-refractivity contribution in [3.05, 3.63) is 30.1 Å². The summed E-state index contributed by atoms with van der Waals surface area (Å²) >= 11 is 0. The van der Waals surface area contributed by atoms with Gasteiger partial charge >= 0.3 is 12.0 Å². The van der Waals surface area contributed by atoms with Crippen LogP contribution >= 0.6 is 0 Å².